The van der Waals surface area contributed by atoms with Crippen molar-refractivity contribution in [1.29, 1.82) is 10.7 Å². The van der Waals surface area contributed by atoms with Gasteiger partial charge in [0.05, 0.1) is 22.2 Å². The van der Waals surface area contributed by atoms with Crippen molar-refractivity contribution in [2.75, 3.05) is 11.1 Å². The Morgan fingerprint density at radius 2 is 2.08 bits per heavy atom. The molecule has 1 amide bonds. The number of thioether (sulfide) groups is 1. The molecular formula is C20H19N3OS. The summed E-state index contributed by atoms with van der Waals surface area (Å²) in [5.41, 5.74) is 2.50. The molecule has 1 aliphatic rings. The molecule has 2 N–H and O–H groups in total. The largest absolute Gasteiger partial charge is 0.322 e. The Morgan fingerprint density at radius 3 is 2.84 bits per heavy atom. The Balaban J connectivity index is 1.84. The highest BCUT2D eigenvalue weighted by molar-refractivity contribution is 8.13. The van der Waals surface area contributed by atoms with Crippen LogP contribution in [0.3, 0.4) is 0 Å². The molecule has 1 unspecified atom stereocenters. The van der Waals surface area contributed by atoms with Gasteiger partial charge in [-0.05, 0) is 47.4 Å². The van der Waals surface area contributed by atoms with Crippen LogP contribution in [0.4, 0.5) is 5.69 Å². The van der Waals surface area contributed by atoms with Crippen LogP contribution in [0, 0.1) is 16.7 Å². The van der Waals surface area contributed by atoms with Crippen LogP contribution in [-0.4, -0.2) is 16.7 Å². The number of anilines is 1. The minimum absolute atomic E-state index is 0.0758. The van der Waals surface area contributed by atoms with E-state index >= 15 is 0 Å². The first-order chi connectivity index (χ1) is 12.0. The average Bonchev–Trinajstić information content (AvgIpc) is 2.61. The van der Waals surface area contributed by atoms with E-state index in [9.17, 15) is 4.79 Å². The van der Waals surface area contributed by atoms with Crippen molar-refractivity contribution in [2.24, 2.45) is 0 Å². The van der Waals surface area contributed by atoms with Gasteiger partial charge in [-0.1, -0.05) is 31.2 Å². The Hall–Kier alpha value is -2.58. The highest BCUT2D eigenvalue weighted by Crippen LogP contribution is 2.39. The molecule has 3 rings (SSSR count). The molecule has 1 saturated heterocycles. The Labute approximate surface area is 151 Å². The molecule has 126 valence electrons. The van der Waals surface area contributed by atoms with Gasteiger partial charge in [0.15, 0.2) is 0 Å². The lowest BCUT2D eigenvalue weighted by Crippen LogP contribution is -2.29. The number of carbonyl (C=O) groups excluding carboxylic acids is 1. The minimum atomic E-state index is -0.286. The molecule has 0 spiro atoms. The number of nitrogens with one attached hydrogen (secondary N) is 2. The summed E-state index contributed by atoms with van der Waals surface area (Å²) in [6.07, 6.45) is 1.74. The van der Waals surface area contributed by atoms with E-state index in [2.05, 4.69) is 18.3 Å². The SMILES string of the molecule is CC1(c2cccc(NC(=O)c3ccccc3C#N)c2)CCSC(=N)C1. The molecule has 25 heavy (non-hydrogen) atoms. The second-order valence-electron chi connectivity index (χ2n) is 6.45. The van der Waals surface area contributed by atoms with Gasteiger partial charge in [0, 0.05) is 12.1 Å². The van der Waals surface area contributed by atoms with E-state index in [-0.39, 0.29) is 11.3 Å². The lowest BCUT2D eigenvalue weighted by molar-refractivity contribution is 0.102. The van der Waals surface area contributed by atoms with Gasteiger partial charge < -0.3 is 5.32 Å². The fraction of sp³-hybridized carbons (Fsp3) is 0.250. The summed E-state index contributed by atoms with van der Waals surface area (Å²) >= 11 is 1.61. The van der Waals surface area contributed by atoms with Crippen molar-refractivity contribution in [3.05, 3.63) is 65.2 Å². The van der Waals surface area contributed by atoms with Gasteiger partial charge in [-0.25, -0.2) is 0 Å². The van der Waals surface area contributed by atoms with Crippen molar-refractivity contribution in [3.63, 3.8) is 0 Å². The predicted molar refractivity (Wildman–Crippen MR) is 102 cm³/mol. The number of nitriles is 1. The molecule has 0 aromatic heterocycles. The third-order valence-corrected chi connectivity index (χ3v) is 5.49. The molecule has 1 heterocycles. The monoisotopic (exact) mass is 349 g/mol. The fourth-order valence-corrected chi connectivity index (χ4v) is 4.31. The third kappa shape index (κ3) is 3.75. The first-order valence-corrected chi connectivity index (χ1v) is 9.12. The van der Waals surface area contributed by atoms with Crippen LogP contribution in [0.2, 0.25) is 0 Å². The molecule has 0 radical (unpaired) electrons. The molecule has 5 heteroatoms. The fourth-order valence-electron chi connectivity index (χ4n) is 3.09. The van der Waals surface area contributed by atoms with Crippen LogP contribution < -0.4 is 5.32 Å². The summed E-state index contributed by atoms with van der Waals surface area (Å²) in [7, 11) is 0. The van der Waals surface area contributed by atoms with Crippen LogP contribution in [0.1, 0.15) is 41.3 Å². The summed E-state index contributed by atoms with van der Waals surface area (Å²) in [5.74, 6) is 0.660. The van der Waals surface area contributed by atoms with Crippen LogP contribution in [-0.2, 0) is 5.41 Å². The number of amides is 1. The lowest BCUT2D eigenvalue weighted by Gasteiger charge is -2.34. The predicted octanol–water partition coefficient (Wildman–Crippen LogP) is 4.57. The second kappa shape index (κ2) is 7.12. The van der Waals surface area contributed by atoms with Crippen molar-refractivity contribution in [1.82, 2.24) is 0 Å². The summed E-state index contributed by atoms with van der Waals surface area (Å²) in [5, 5.41) is 20.7. The van der Waals surface area contributed by atoms with Crippen LogP contribution in [0.15, 0.2) is 48.5 Å². The molecular weight excluding hydrogens is 330 g/mol. The van der Waals surface area contributed by atoms with Crippen molar-refractivity contribution in [3.8, 4) is 6.07 Å². The van der Waals surface area contributed by atoms with Gasteiger partial charge >= 0.3 is 0 Å². The highest BCUT2D eigenvalue weighted by Gasteiger charge is 2.31. The van der Waals surface area contributed by atoms with Crippen molar-refractivity contribution >= 4 is 28.4 Å². The van der Waals surface area contributed by atoms with E-state index in [1.165, 1.54) is 0 Å². The van der Waals surface area contributed by atoms with Gasteiger partial charge in [0.1, 0.15) is 0 Å². The van der Waals surface area contributed by atoms with E-state index in [4.69, 9.17) is 10.7 Å². The lowest BCUT2D eigenvalue weighted by atomic mass is 9.77. The zero-order valence-corrected chi connectivity index (χ0v) is 14.8. The van der Waals surface area contributed by atoms with Gasteiger partial charge in [0.2, 0.25) is 0 Å². The Bertz CT molecular complexity index is 871. The summed E-state index contributed by atoms with van der Waals surface area (Å²) < 4.78 is 0. The third-order valence-electron chi connectivity index (χ3n) is 4.59. The Morgan fingerprint density at radius 1 is 1.28 bits per heavy atom. The van der Waals surface area contributed by atoms with Crippen LogP contribution in [0.25, 0.3) is 0 Å². The zero-order valence-electron chi connectivity index (χ0n) is 14.0. The van der Waals surface area contributed by atoms with E-state index in [0.29, 0.717) is 21.9 Å². The summed E-state index contributed by atoms with van der Waals surface area (Å²) in [4.78, 5) is 12.5. The molecule has 2 aromatic carbocycles. The molecule has 4 nitrogen and oxygen atoms in total. The number of benzene rings is 2. The normalized spacial score (nSPS) is 19.9. The standard InChI is InChI=1S/C20H19N3OS/c1-20(9-10-25-18(22)12-20)15-6-4-7-16(11-15)23-19(24)17-8-3-2-5-14(17)13-21/h2-8,11,22H,9-10,12H2,1H3,(H,23,24). The van der Waals surface area contributed by atoms with E-state index in [1.54, 1.807) is 36.0 Å². The summed E-state index contributed by atoms with van der Waals surface area (Å²) in [6, 6.07) is 16.6. The number of hydrogen-bond acceptors (Lipinski definition) is 4. The molecule has 0 bridgehead atoms. The van der Waals surface area contributed by atoms with Gasteiger partial charge in [-0.15, -0.1) is 11.8 Å². The number of rotatable bonds is 3. The molecule has 1 atom stereocenters. The Kier molecular flexibility index (Phi) is 4.91. The maximum atomic E-state index is 12.5. The molecule has 1 aliphatic heterocycles. The van der Waals surface area contributed by atoms with E-state index < -0.39 is 0 Å². The zero-order chi connectivity index (χ0) is 17.9. The van der Waals surface area contributed by atoms with Crippen molar-refractivity contribution in [2.45, 2.75) is 25.2 Å². The maximum Gasteiger partial charge on any atom is 0.257 e. The molecule has 0 aliphatic carbocycles. The second-order valence-corrected chi connectivity index (χ2v) is 7.64. The molecule has 0 saturated carbocycles. The first kappa shape index (κ1) is 17.2. The van der Waals surface area contributed by atoms with E-state index in [1.807, 2.05) is 24.3 Å². The first-order valence-electron chi connectivity index (χ1n) is 8.13. The maximum absolute atomic E-state index is 12.5. The number of nitrogens with zero attached hydrogens (tertiary/aromatic N) is 1. The quantitative estimate of drug-likeness (QED) is 0.852. The smallest absolute Gasteiger partial charge is 0.257 e. The minimum Gasteiger partial charge on any atom is -0.322 e. The summed E-state index contributed by atoms with van der Waals surface area (Å²) in [6.45, 7) is 2.17. The molecule has 2 aromatic rings. The highest BCUT2D eigenvalue weighted by atomic mass is 32.2. The average molecular weight is 349 g/mol. The van der Waals surface area contributed by atoms with E-state index in [0.717, 1.165) is 24.2 Å². The van der Waals surface area contributed by atoms with Crippen LogP contribution >= 0.6 is 11.8 Å². The topological polar surface area (TPSA) is 76.7 Å². The number of carbonyl (C=O) groups is 1. The van der Waals surface area contributed by atoms with Crippen molar-refractivity contribution < 1.29 is 4.79 Å². The molecule has 1 fully saturated rings. The van der Waals surface area contributed by atoms with Crippen LogP contribution in [0.5, 0.6) is 0 Å². The van der Waals surface area contributed by atoms with Gasteiger partial charge in [0.25, 0.3) is 5.91 Å². The number of hydrogen-bond donors (Lipinski definition) is 2. The van der Waals surface area contributed by atoms with Gasteiger partial charge in [-0.2, -0.15) is 5.26 Å². The van der Waals surface area contributed by atoms with Gasteiger partial charge in [-0.3, -0.25) is 10.2 Å².